The minimum absolute atomic E-state index is 0.176. The van der Waals surface area contributed by atoms with Gasteiger partial charge in [-0.2, -0.15) is 13.2 Å². The Bertz CT molecular complexity index is 1210. The van der Waals surface area contributed by atoms with Crippen molar-refractivity contribution in [1.82, 2.24) is 14.9 Å². The zero-order chi connectivity index (χ0) is 24.5. The lowest BCUT2D eigenvalue weighted by Crippen LogP contribution is -2.40. The SMILES string of the molecule is COc1cc2c(NC(C)c3cccc(C(F)(F)F)c3)nc(C)nc2cc1C(=O)N1CCOCC1. The second-order valence-corrected chi connectivity index (χ2v) is 8.08. The Labute approximate surface area is 194 Å². The van der Waals surface area contributed by atoms with Crippen LogP contribution in [0.4, 0.5) is 19.0 Å². The maximum absolute atomic E-state index is 13.1. The second-order valence-electron chi connectivity index (χ2n) is 8.08. The van der Waals surface area contributed by atoms with Gasteiger partial charge < -0.3 is 19.7 Å². The molecule has 34 heavy (non-hydrogen) atoms. The smallest absolute Gasteiger partial charge is 0.416 e. The van der Waals surface area contributed by atoms with E-state index < -0.39 is 17.8 Å². The number of alkyl halides is 3. The van der Waals surface area contributed by atoms with Crippen LogP contribution in [-0.2, 0) is 10.9 Å². The first-order valence-electron chi connectivity index (χ1n) is 10.8. The monoisotopic (exact) mass is 474 g/mol. The topological polar surface area (TPSA) is 76.6 Å². The van der Waals surface area contributed by atoms with E-state index in [-0.39, 0.29) is 5.91 Å². The molecule has 7 nitrogen and oxygen atoms in total. The van der Waals surface area contributed by atoms with Crippen molar-refractivity contribution in [3.05, 3.63) is 58.9 Å². The van der Waals surface area contributed by atoms with Crippen molar-refractivity contribution in [3.63, 3.8) is 0 Å². The highest BCUT2D eigenvalue weighted by Crippen LogP contribution is 2.34. The van der Waals surface area contributed by atoms with E-state index in [1.54, 1.807) is 36.9 Å². The number of anilines is 1. The van der Waals surface area contributed by atoms with Gasteiger partial charge in [0.15, 0.2) is 0 Å². The van der Waals surface area contributed by atoms with Crippen LogP contribution in [0.3, 0.4) is 0 Å². The number of fused-ring (bicyclic) bond motifs is 1. The van der Waals surface area contributed by atoms with Gasteiger partial charge in [-0.15, -0.1) is 0 Å². The lowest BCUT2D eigenvalue weighted by atomic mass is 10.0. The first-order chi connectivity index (χ1) is 16.2. The summed E-state index contributed by atoms with van der Waals surface area (Å²) in [5.74, 6) is 1.09. The van der Waals surface area contributed by atoms with Crippen molar-refractivity contribution >= 4 is 22.6 Å². The summed E-state index contributed by atoms with van der Waals surface area (Å²) in [4.78, 5) is 23.8. The van der Waals surface area contributed by atoms with Crippen molar-refractivity contribution in [1.29, 1.82) is 0 Å². The predicted molar refractivity (Wildman–Crippen MR) is 121 cm³/mol. The first kappa shape index (κ1) is 23.7. The minimum Gasteiger partial charge on any atom is -0.496 e. The summed E-state index contributed by atoms with van der Waals surface area (Å²) < 4.78 is 50.3. The molecule has 1 aliphatic rings. The molecule has 1 aliphatic heterocycles. The summed E-state index contributed by atoms with van der Waals surface area (Å²) in [6.07, 6.45) is -4.43. The van der Waals surface area contributed by atoms with E-state index in [0.717, 1.165) is 12.1 Å². The molecule has 180 valence electrons. The molecule has 10 heteroatoms. The third-order valence-corrected chi connectivity index (χ3v) is 5.72. The van der Waals surface area contributed by atoms with Gasteiger partial charge in [0.1, 0.15) is 17.4 Å². The van der Waals surface area contributed by atoms with Crippen LogP contribution < -0.4 is 10.1 Å². The van der Waals surface area contributed by atoms with E-state index in [1.165, 1.54) is 13.2 Å². The number of ether oxygens (including phenoxy) is 2. The van der Waals surface area contributed by atoms with Crippen molar-refractivity contribution in [3.8, 4) is 5.75 Å². The lowest BCUT2D eigenvalue weighted by Gasteiger charge is -2.27. The van der Waals surface area contributed by atoms with Crippen LogP contribution in [0.15, 0.2) is 36.4 Å². The molecule has 0 aliphatic carbocycles. The highest BCUT2D eigenvalue weighted by Gasteiger charge is 2.31. The predicted octanol–water partition coefficient (Wildman–Crippen LogP) is 4.61. The molecule has 0 bridgehead atoms. The Morgan fingerprint density at radius 2 is 1.91 bits per heavy atom. The van der Waals surface area contributed by atoms with E-state index in [2.05, 4.69) is 15.3 Å². The van der Waals surface area contributed by atoms with Gasteiger partial charge in [0.2, 0.25) is 0 Å². The fourth-order valence-electron chi connectivity index (χ4n) is 3.93. The van der Waals surface area contributed by atoms with Gasteiger partial charge in [0, 0.05) is 24.5 Å². The van der Waals surface area contributed by atoms with Gasteiger partial charge in [-0.05, 0) is 43.7 Å². The number of nitrogens with zero attached hydrogens (tertiary/aromatic N) is 3. The molecule has 1 N–H and O–H groups in total. The van der Waals surface area contributed by atoms with Crippen LogP contribution in [0.1, 0.15) is 40.3 Å². The number of hydrogen-bond acceptors (Lipinski definition) is 6. The standard InChI is InChI=1S/C24H25F3N4O3/c1-14(16-5-4-6-17(11-16)24(25,26)27)28-22-18-13-21(33-3)19(12-20(18)29-15(2)30-22)23(32)31-7-9-34-10-8-31/h4-6,11-14H,7-10H2,1-3H3,(H,28,29,30). The van der Waals surface area contributed by atoms with E-state index in [1.807, 2.05) is 0 Å². The number of morpholine rings is 1. The molecule has 1 atom stereocenters. The Morgan fingerprint density at radius 3 is 2.59 bits per heavy atom. The zero-order valence-electron chi connectivity index (χ0n) is 19.1. The molecule has 1 unspecified atom stereocenters. The van der Waals surface area contributed by atoms with Crippen LogP contribution >= 0.6 is 0 Å². The van der Waals surface area contributed by atoms with Crippen molar-refractivity contribution < 1.29 is 27.4 Å². The number of aryl methyl sites for hydroxylation is 1. The zero-order valence-corrected chi connectivity index (χ0v) is 19.1. The van der Waals surface area contributed by atoms with E-state index in [9.17, 15) is 18.0 Å². The third kappa shape index (κ3) is 4.91. The summed E-state index contributed by atoms with van der Waals surface area (Å²) in [5.41, 5.74) is 0.663. The molecule has 0 saturated carbocycles. The first-order valence-corrected chi connectivity index (χ1v) is 10.8. The number of hydrogen-bond donors (Lipinski definition) is 1. The summed E-state index contributed by atoms with van der Waals surface area (Å²) in [5, 5.41) is 3.80. The molecule has 1 amide bonds. The number of nitrogens with one attached hydrogen (secondary N) is 1. The van der Waals surface area contributed by atoms with Crippen molar-refractivity contribution in [2.75, 3.05) is 38.7 Å². The Morgan fingerprint density at radius 1 is 1.18 bits per heavy atom. The highest BCUT2D eigenvalue weighted by atomic mass is 19.4. The number of halogens is 3. The molecule has 3 aromatic rings. The average molecular weight is 474 g/mol. The molecule has 4 rings (SSSR count). The molecule has 0 spiro atoms. The number of carbonyl (C=O) groups excluding carboxylic acids is 1. The van der Waals surface area contributed by atoms with E-state index in [4.69, 9.17) is 9.47 Å². The third-order valence-electron chi connectivity index (χ3n) is 5.72. The van der Waals surface area contributed by atoms with Crippen LogP contribution in [0.5, 0.6) is 5.75 Å². The van der Waals surface area contributed by atoms with Gasteiger partial charge in [-0.1, -0.05) is 12.1 Å². The van der Waals surface area contributed by atoms with Crippen LogP contribution in [0.2, 0.25) is 0 Å². The number of amides is 1. The van der Waals surface area contributed by atoms with Crippen LogP contribution in [0.25, 0.3) is 10.9 Å². The van der Waals surface area contributed by atoms with Crippen molar-refractivity contribution in [2.45, 2.75) is 26.1 Å². The largest absolute Gasteiger partial charge is 0.496 e. The molecular weight excluding hydrogens is 449 g/mol. The van der Waals surface area contributed by atoms with E-state index >= 15 is 0 Å². The maximum atomic E-state index is 13.1. The van der Waals surface area contributed by atoms with E-state index in [0.29, 0.717) is 65.7 Å². The minimum atomic E-state index is -4.43. The molecule has 2 heterocycles. The fraction of sp³-hybridized carbons (Fsp3) is 0.375. The van der Waals surface area contributed by atoms with Crippen LogP contribution in [-0.4, -0.2) is 54.2 Å². The van der Waals surface area contributed by atoms with Gasteiger partial charge in [-0.3, -0.25) is 4.79 Å². The molecule has 1 fully saturated rings. The molecule has 0 radical (unpaired) electrons. The van der Waals surface area contributed by atoms with Gasteiger partial charge in [0.05, 0.1) is 37.0 Å². The quantitative estimate of drug-likeness (QED) is 0.582. The number of methoxy groups -OCH3 is 1. The molecule has 1 aromatic heterocycles. The van der Waals surface area contributed by atoms with Gasteiger partial charge in [-0.25, -0.2) is 9.97 Å². The summed E-state index contributed by atoms with van der Waals surface area (Å²) in [6.45, 7) is 5.41. The molecular formula is C24H25F3N4O3. The number of benzene rings is 2. The Kier molecular flexibility index (Phi) is 6.60. The normalized spacial score (nSPS) is 15.3. The lowest BCUT2D eigenvalue weighted by molar-refractivity contribution is -0.137. The molecule has 1 saturated heterocycles. The number of rotatable bonds is 5. The van der Waals surface area contributed by atoms with Crippen molar-refractivity contribution in [2.24, 2.45) is 0 Å². The van der Waals surface area contributed by atoms with Gasteiger partial charge in [0.25, 0.3) is 5.91 Å². The number of aromatic nitrogens is 2. The second kappa shape index (κ2) is 9.46. The van der Waals surface area contributed by atoms with Crippen LogP contribution in [0, 0.1) is 6.92 Å². The number of carbonyl (C=O) groups is 1. The summed E-state index contributed by atoms with van der Waals surface area (Å²) >= 11 is 0. The average Bonchev–Trinajstić information content (AvgIpc) is 2.82. The molecule has 2 aromatic carbocycles. The Balaban J connectivity index is 1.70. The van der Waals surface area contributed by atoms with Gasteiger partial charge >= 0.3 is 6.18 Å². The Hall–Kier alpha value is -3.40. The summed E-state index contributed by atoms with van der Waals surface area (Å²) in [6, 6.07) is 8.05. The summed E-state index contributed by atoms with van der Waals surface area (Å²) in [7, 11) is 1.48. The fourth-order valence-corrected chi connectivity index (χ4v) is 3.93. The maximum Gasteiger partial charge on any atom is 0.416 e. The highest BCUT2D eigenvalue weighted by molar-refractivity contribution is 6.02.